The maximum Gasteiger partial charge on any atom is 0.255 e. The van der Waals surface area contributed by atoms with Gasteiger partial charge in [0.2, 0.25) is 0 Å². The SMILES string of the molecule is C[C@H]1CC2C[C@@H](Sc3cc(C(=O)Nc4cc(F)c(F)c(F)c4)ccc3Cl)CC1C2=O. The first-order valence-corrected chi connectivity index (χ1v) is 10.9. The number of halogens is 4. The first-order valence-electron chi connectivity index (χ1n) is 9.68. The molecule has 4 atom stereocenters. The molecule has 158 valence electrons. The molecule has 8 heteroatoms. The monoisotopic (exact) mass is 453 g/mol. The number of rotatable bonds is 4. The van der Waals surface area contributed by atoms with Gasteiger partial charge in [-0.1, -0.05) is 18.5 Å². The van der Waals surface area contributed by atoms with Crippen molar-refractivity contribution in [2.75, 3.05) is 5.32 Å². The van der Waals surface area contributed by atoms with Crippen molar-refractivity contribution in [3.8, 4) is 0 Å². The van der Waals surface area contributed by atoms with Crippen LogP contribution >= 0.6 is 23.4 Å². The Hall–Kier alpha value is -1.99. The molecule has 2 aliphatic rings. The average molecular weight is 454 g/mol. The lowest BCUT2D eigenvalue weighted by atomic mass is 9.86. The molecule has 0 aliphatic heterocycles. The van der Waals surface area contributed by atoms with Crippen molar-refractivity contribution in [1.29, 1.82) is 0 Å². The van der Waals surface area contributed by atoms with Gasteiger partial charge in [0.1, 0.15) is 5.78 Å². The second kappa shape index (κ2) is 8.27. The van der Waals surface area contributed by atoms with Crippen molar-refractivity contribution in [2.45, 2.75) is 36.3 Å². The van der Waals surface area contributed by atoms with Crippen LogP contribution in [0.15, 0.2) is 35.2 Å². The fourth-order valence-electron chi connectivity index (χ4n) is 4.41. The van der Waals surface area contributed by atoms with Gasteiger partial charge in [-0.05, 0) is 43.4 Å². The van der Waals surface area contributed by atoms with Gasteiger partial charge in [-0.2, -0.15) is 0 Å². The molecular weight excluding hydrogens is 435 g/mol. The number of ketones is 1. The zero-order valence-electron chi connectivity index (χ0n) is 16.1. The molecule has 2 fully saturated rings. The number of carbonyl (C=O) groups is 2. The number of Topliss-reactive ketones (excluding diaryl/α,β-unsaturated/α-hetero) is 1. The lowest BCUT2D eigenvalue weighted by molar-refractivity contribution is -0.125. The Bertz CT molecular complexity index is 1010. The van der Waals surface area contributed by atoms with Crippen molar-refractivity contribution in [2.24, 2.45) is 17.8 Å². The van der Waals surface area contributed by atoms with E-state index in [0.29, 0.717) is 21.6 Å². The highest BCUT2D eigenvalue weighted by molar-refractivity contribution is 8.00. The summed E-state index contributed by atoms with van der Waals surface area (Å²) in [4.78, 5) is 25.5. The summed E-state index contributed by atoms with van der Waals surface area (Å²) in [6.07, 6.45) is 2.52. The molecule has 3 nitrogen and oxygen atoms in total. The number of anilines is 1. The Balaban J connectivity index is 1.49. The molecule has 2 unspecified atom stereocenters. The van der Waals surface area contributed by atoms with Crippen LogP contribution in [0.25, 0.3) is 0 Å². The largest absolute Gasteiger partial charge is 0.322 e. The number of amides is 1. The lowest BCUT2D eigenvalue weighted by Crippen LogP contribution is -2.28. The van der Waals surface area contributed by atoms with Crippen LogP contribution in [0.3, 0.4) is 0 Å². The third kappa shape index (κ3) is 4.10. The van der Waals surface area contributed by atoms with Crippen molar-refractivity contribution < 1.29 is 22.8 Å². The van der Waals surface area contributed by atoms with Gasteiger partial charge >= 0.3 is 0 Å². The van der Waals surface area contributed by atoms with Crippen LogP contribution in [-0.4, -0.2) is 16.9 Å². The van der Waals surface area contributed by atoms with E-state index in [1.54, 1.807) is 23.9 Å². The summed E-state index contributed by atoms with van der Waals surface area (Å²) in [5.74, 6) is -3.98. The smallest absolute Gasteiger partial charge is 0.255 e. The normalized spacial score (nSPS) is 25.4. The molecule has 2 bridgehead atoms. The van der Waals surface area contributed by atoms with Crippen LogP contribution < -0.4 is 5.32 Å². The molecule has 2 aromatic rings. The van der Waals surface area contributed by atoms with Gasteiger partial charge in [-0.15, -0.1) is 11.8 Å². The predicted octanol–water partition coefficient (Wildman–Crippen LogP) is 6.11. The van der Waals surface area contributed by atoms with Crippen LogP contribution in [0.2, 0.25) is 5.02 Å². The van der Waals surface area contributed by atoms with E-state index in [-0.39, 0.29) is 28.3 Å². The summed E-state index contributed by atoms with van der Waals surface area (Å²) < 4.78 is 39.9. The minimum atomic E-state index is -1.59. The number of nitrogens with one attached hydrogen (secondary N) is 1. The van der Waals surface area contributed by atoms with Crippen molar-refractivity contribution in [3.63, 3.8) is 0 Å². The van der Waals surface area contributed by atoms with E-state index in [1.807, 2.05) is 0 Å². The Morgan fingerprint density at radius 2 is 1.80 bits per heavy atom. The molecule has 30 heavy (non-hydrogen) atoms. The Labute approximate surface area is 181 Å². The number of carbonyl (C=O) groups excluding carboxylic acids is 2. The quantitative estimate of drug-likeness (QED) is 0.568. The minimum Gasteiger partial charge on any atom is -0.322 e. The highest BCUT2D eigenvalue weighted by Gasteiger charge is 2.45. The lowest BCUT2D eigenvalue weighted by Gasteiger charge is -2.27. The summed E-state index contributed by atoms with van der Waals surface area (Å²) in [6, 6.07) is 6.17. The summed E-state index contributed by atoms with van der Waals surface area (Å²) in [5, 5.41) is 3.10. The second-order valence-electron chi connectivity index (χ2n) is 7.98. The number of hydrogen-bond donors (Lipinski definition) is 1. The van der Waals surface area contributed by atoms with Crippen LogP contribution in [0, 0.1) is 35.2 Å². The van der Waals surface area contributed by atoms with E-state index in [4.69, 9.17) is 11.6 Å². The summed E-state index contributed by atoms with van der Waals surface area (Å²) >= 11 is 7.88. The van der Waals surface area contributed by atoms with Crippen LogP contribution in [0.5, 0.6) is 0 Å². The first-order chi connectivity index (χ1) is 14.2. The molecule has 1 amide bonds. The van der Waals surface area contributed by atoms with Crippen molar-refractivity contribution in [3.05, 3.63) is 58.4 Å². The Kier molecular flexibility index (Phi) is 5.86. The topological polar surface area (TPSA) is 46.2 Å². The third-order valence-corrected chi connectivity index (χ3v) is 7.66. The summed E-state index contributed by atoms with van der Waals surface area (Å²) in [6.45, 7) is 2.12. The average Bonchev–Trinajstić information content (AvgIpc) is 2.85. The molecule has 0 spiro atoms. The number of thioether (sulfide) groups is 1. The van der Waals surface area contributed by atoms with Crippen molar-refractivity contribution in [1.82, 2.24) is 0 Å². The number of benzene rings is 2. The second-order valence-corrected chi connectivity index (χ2v) is 9.73. The van der Waals surface area contributed by atoms with E-state index in [1.165, 1.54) is 6.07 Å². The molecule has 2 saturated carbocycles. The summed E-state index contributed by atoms with van der Waals surface area (Å²) in [5.41, 5.74) is 0.0761. The molecule has 0 aromatic heterocycles. The van der Waals surface area contributed by atoms with E-state index in [9.17, 15) is 22.8 Å². The maximum atomic E-state index is 13.4. The standard InChI is InChI=1S/C22H19ClF3NO2S/c1-10-4-12-5-14(9-15(10)21(12)28)30-19-6-11(2-3-16(19)23)22(29)27-13-7-17(24)20(26)18(25)8-13/h2-3,6-8,10,12,14-15H,4-5,9H2,1H3,(H,27,29)/t10-,12?,14+,15?/m0/s1. The van der Waals surface area contributed by atoms with E-state index < -0.39 is 23.4 Å². The highest BCUT2D eigenvalue weighted by atomic mass is 35.5. The van der Waals surface area contributed by atoms with Gasteiger partial charge in [0.15, 0.2) is 17.5 Å². The Morgan fingerprint density at radius 1 is 1.10 bits per heavy atom. The molecule has 1 N–H and O–H groups in total. The summed E-state index contributed by atoms with van der Waals surface area (Å²) in [7, 11) is 0. The zero-order valence-corrected chi connectivity index (χ0v) is 17.6. The zero-order chi connectivity index (χ0) is 21.6. The number of hydrogen-bond acceptors (Lipinski definition) is 3. The number of fused-ring (bicyclic) bond motifs is 2. The van der Waals surface area contributed by atoms with Gasteiger partial charge in [0, 0.05) is 45.4 Å². The van der Waals surface area contributed by atoms with Crippen LogP contribution in [-0.2, 0) is 4.79 Å². The first kappa shape index (κ1) is 21.2. The van der Waals surface area contributed by atoms with Gasteiger partial charge in [-0.3, -0.25) is 9.59 Å². The fraction of sp³-hybridized carbons (Fsp3) is 0.364. The van der Waals surface area contributed by atoms with Gasteiger partial charge in [-0.25, -0.2) is 13.2 Å². The maximum absolute atomic E-state index is 13.4. The highest BCUT2D eigenvalue weighted by Crippen LogP contribution is 2.48. The van der Waals surface area contributed by atoms with Crippen LogP contribution in [0.1, 0.15) is 36.5 Å². The third-order valence-electron chi connectivity index (χ3n) is 5.90. The van der Waals surface area contributed by atoms with Crippen molar-refractivity contribution >= 4 is 40.7 Å². The molecule has 2 aromatic carbocycles. The van der Waals surface area contributed by atoms with E-state index in [2.05, 4.69) is 12.2 Å². The molecule has 0 radical (unpaired) electrons. The van der Waals surface area contributed by atoms with Crippen LogP contribution in [0.4, 0.5) is 18.9 Å². The minimum absolute atomic E-state index is 0.0924. The fourth-order valence-corrected chi connectivity index (χ4v) is 6.03. The van der Waals surface area contributed by atoms with E-state index >= 15 is 0 Å². The predicted molar refractivity (Wildman–Crippen MR) is 110 cm³/mol. The molecule has 0 saturated heterocycles. The molecule has 0 heterocycles. The van der Waals surface area contributed by atoms with Gasteiger partial charge < -0.3 is 5.32 Å². The Morgan fingerprint density at radius 3 is 2.47 bits per heavy atom. The molecule has 2 aliphatic carbocycles. The molecular formula is C22H19ClF3NO2S. The van der Waals surface area contributed by atoms with E-state index in [0.717, 1.165) is 31.4 Å². The van der Waals surface area contributed by atoms with Gasteiger partial charge in [0.05, 0.1) is 5.02 Å². The van der Waals surface area contributed by atoms with Gasteiger partial charge in [0.25, 0.3) is 5.91 Å². The molecule has 4 rings (SSSR count).